The molecule has 0 bridgehead atoms. The van der Waals surface area contributed by atoms with Crippen molar-refractivity contribution in [3.05, 3.63) is 22.6 Å². The molecular weight excluding hydrogens is 304 g/mol. The van der Waals surface area contributed by atoms with Crippen molar-refractivity contribution in [2.45, 2.75) is 83.5 Å². The van der Waals surface area contributed by atoms with Crippen LogP contribution >= 0.6 is 0 Å². The summed E-state index contributed by atoms with van der Waals surface area (Å²) in [6.45, 7) is 14.0. The number of methoxy groups -OCH3 is 1. The van der Waals surface area contributed by atoms with Crippen molar-refractivity contribution in [1.82, 2.24) is 0 Å². The van der Waals surface area contributed by atoms with Gasteiger partial charge in [0.15, 0.2) is 0 Å². The summed E-state index contributed by atoms with van der Waals surface area (Å²) in [5, 5.41) is 0. The number of hydrogen-bond donors (Lipinski definition) is 0. The van der Waals surface area contributed by atoms with Gasteiger partial charge in [0.1, 0.15) is 5.76 Å². The van der Waals surface area contributed by atoms with E-state index in [-0.39, 0.29) is 12.1 Å². The molecule has 0 saturated heterocycles. The first kappa shape index (κ1) is 18.5. The van der Waals surface area contributed by atoms with Gasteiger partial charge in [0.25, 0.3) is 0 Å². The van der Waals surface area contributed by atoms with Crippen LogP contribution in [0.5, 0.6) is 0 Å². The normalized spacial score (nSPS) is 24.2. The lowest BCUT2D eigenvalue weighted by Gasteiger charge is -2.41. The van der Waals surface area contributed by atoms with Crippen LogP contribution in [0.4, 0.5) is 0 Å². The Morgan fingerprint density at radius 1 is 1.09 bits per heavy atom. The van der Waals surface area contributed by atoms with E-state index in [1.165, 1.54) is 0 Å². The van der Waals surface area contributed by atoms with Crippen molar-refractivity contribution in [3.63, 3.8) is 0 Å². The zero-order valence-electron chi connectivity index (χ0n) is 15.7. The second-order valence-corrected chi connectivity index (χ2v) is 13.7. The smallest absolute Gasteiger partial charge is 0.339 e. The standard InChI is InChI=1S/C19H32O3Si/c1-12(2)23(13(3)4,14(5)6)11-18-16-9-8-15(21-7)10-17(16)19(20)22-18/h11-15H,8-10H2,1-7H3/b18-11-. The van der Waals surface area contributed by atoms with Crippen LogP contribution in [-0.4, -0.2) is 27.3 Å². The minimum absolute atomic E-state index is 0.146. The van der Waals surface area contributed by atoms with E-state index in [1.54, 1.807) is 7.11 Å². The molecule has 0 radical (unpaired) electrons. The Morgan fingerprint density at radius 3 is 2.13 bits per heavy atom. The maximum atomic E-state index is 12.3. The van der Waals surface area contributed by atoms with Crippen molar-refractivity contribution in [2.24, 2.45) is 0 Å². The molecule has 2 rings (SSSR count). The number of allylic oxidation sites excluding steroid dienone is 1. The van der Waals surface area contributed by atoms with E-state index >= 15 is 0 Å². The Labute approximate surface area is 142 Å². The number of carbonyl (C=O) groups excluding carboxylic acids is 1. The Morgan fingerprint density at radius 2 is 1.65 bits per heavy atom. The first-order valence-electron chi connectivity index (χ1n) is 8.94. The Kier molecular flexibility index (Phi) is 5.57. The number of esters is 1. The number of hydrogen-bond acceptors (Lipinski definition) is 3. The minimum atomic E-state index is -1.73. The molecule has 0 saturated carbocycles. The molecule has 1 aliphatic carbocycles. The van der Waals surface area contributed by atoms with Gasteiger partial charge in [-0.2, -0.15) is 0 Å². The Balaban J connectivity index is 2.46. The molecule has 0 aromatic rings. The van der Waals surface area contributed by atoms with Crippen LogP contribution in [0.3, 0.4) is 0 Å². The van der Waals surface area contributed by atoms with E-state index in [9.17, 15) is 4.79 Å². The zero-order valence-corrected chi connectivity index (χ0v) is 16.7. The van der Waals surface area contributed by atoms with Crippen LogP contribution in [0.2, 0.25) is 16.6 Å². The second-order valence-electron chi connectivity index (χ2n) is 7.92. The van der Waals surface area contributed by atoms with E-state index in [4.69, 9.17) is 9.47 Å². The topological polar surface area (TPSA) is 35.5 Å². The van der Waals surface area contributed by atoms with Crippen molar-refractivity contribution in [2.75, 3.05) is 7.11 Å². The first-order valence-corrected chi connectivity index (χ1v) is 11.2. The van der Waals surface area contributed by atoms with E-state index < -0.39 is 8.07 Å². The monoisotopic (exact) mass is 336 g/mol. The molecule has 1 aliphatic heterocycles. The number of carbonyl (C=O) groups is 1. The SMILES string of the molecule is COC1CCC2=C(C1)C(=O)O/C2=C\[Si](C(C)C)(C(C)C)C(C)C. The molecule has 0 N–H and O–H groups in total. The summed E-state index contributed by atoms with van der Waals surface area (Å²) < 4.78 is 11.2. The highest BCUT2D eigenvalue weighted by Crippen LogP contribution is 2.46. The van der Waals surface area contributed by atoms with Crippen molar-refractivity contribution in [3.8, 4) is 0 Å². The molecule has 0 amide bonds. The van der Waals surface area contributed by atoms with Crippen molar-refractivity contribution in [1.29, 1.82) is 0 Å². The van der Waals surface area contributed by atoms with Gasteiger partial charge in [0.2, 0.25) is 0 Å². The fraction of sp³-hybridized carbons (Fsp3) is 0.737. The average molecular weight is 337 g/mol. The van der Waals surface area contributed by atoms with Gasteiger partial charge in [0.05, 0.1) is 14.2 Å². The molecule has 0 spiro atoms. The van der Waals surface area contributed by atoms with E-state index in [1.807, 2.05) is 0 Å². The van der Waals surface area contributed by atoms with E-state index in [2.05, 4.69) is 47.2 Å². The average Bonchev–Trinajstić information content (AvgIpc) is 2.79. The highest BCUT2D eigenvalue weighted by atomic mass is 28.3. The van der Waals surface area contributed by atoms with Gasteiger partial charge < -0.3 is 9.47 Å². The van der Waals surface area contributed by atoms with Crippen molar-refractivity contribution >= 4 is 14.0 Å². The van der Waals surface area contributed by atoms with Crippen LogP contribution in [-0.2, 0) is 14.3 Å². The summed E-state index contributed by atoms with van der Waals surface area (Å²) in [7, 11) is -0.00482. The predicted octanol–water partition coefficient (Wildman–Crippen LogP) is 5.14. The second kappa shape index (κ2) is 6.94. The van der Waals surface area contributed by atoms with Crippen LogP contribution in [0.25, 0.3) is 0 Å². The maximum absolute atomic E-state index is 12.3. The summed E-state index contributed by atoms with van der Waals surface area (Å²) in [5.41, 5.74) is 6.27. The third-order valence-corrected chi connectivity index (χ3v) is 12.7. The fourth-order valence-electron chi connectivity index (χ4n) is 4.66. The fourth-order valence-corrected chi connectivity index (χ4v) is 10.3. The van der Waals surface area contributed by atoms with Gasteiger partial charge in [-0.05, 0) is 29.5 Å². The molecule has 130 valence electrons. The summed E-state index contributed by atoms with van der Waals surface area (Å²) in [5.74, 6) is 0.731. The number of rotatable bonds is 5. The summed E-state index contributed by atoms with van der Waals surface area (Å²) in [6, 6.07) is 0. The molecule has 1 atom stereocenters. The maximum Gasteiger partial charge on any atom is 0.339 e. The zero-order chi connectivity index (χ0) is 17.4. The predicted molar refractivity (Wildman–Crippen MR) is 96.9 cm³/mol. The van der Waals surface area contributed by atoms with Gasteiger partial charge >= 0.3 is 5.97 Å². The summed E-state index contributed by atoms with van der Waals surface area (Å²) in [6.07, 6.45) is 2.72. The number of cyclic esters (lactones) is 1. The van der Waals surface area contributed by atoms with Crippen LogP contribution in [0, 0.1) is 0 Å². The van der Waals surface area contributed by atoms with E-state index in [0.29, 0.717) is 23.0 Å². The lowest BCUT2D eigenvalue weighted by Crippen LogP contribution is -2.43. The highest BCUT2D eigenvalue weighted by molar-refractivity contribution is 6.88. The minimum Gasteiger partial charge on any atom is -0.424 e. The lowest BCUT2D eigenvalue weighted by molar-refractivity contribution is -0.133. The third-order valence-electron chi connectivity index (χ3n) is 5.97. The molecule has 3 nitrogen and oxygen atoms in total. The third kappa shape index (κ3) is 3.20. The highest BCUT2D eigenvalue weighted by Gasteiger charge is 2.44. The molecular formula is C19H32O3Si. The van der Waals surface area contributed by atoms with Crippen molar-refractivity contribution < 1.29 is 14.3 Å². The molecule has 1 heterocycles. The molecule has 4 heteroatoms. The molecule has 2 aliphatic rings. The Bertz CT molecular complexity index is 507. The summed E-state index contributed by atoms with van der Waals surface area (Å²) in [4.78, 5) is 12.3. The number of ether oxygens (including phenoxy) is 2. The molecule has 0 aromatic carbocycles. The Hall–Kier alpha value is -0.873. The van der Waals surface area contributed by atoms with E-state index in [0.717, 1.165) is 29.7 Å². The van der Waals surface area contributed by atoms with Gasteiger partial charge in [0, 0.05) is 24.7 Å². The van der Waals surface area contributed by atoms with Crippen LogP contribution in [0.1, 0.15) is 60.8 Å². The van der Waals surface area contributed by atoms with Crippen LogP contribution in [0.15, 0.2) is 22.6 Å². The first-order chi connectivity index (χ1) is 10.7. The van der Waals surface area contributed by atoms with Gasteiger partial charge in [-0.3, -0.25) is 0 Å². The molecule has 0 fully saturated rings. The molecule has 0 aromatic heterocycles. The van der Waals surface area contributed by atoms with Gasteiger partial charge in [-0.1, -0.05) is 47.2 Å². The van der Waals surface area contributed by atoms with Gasteiger partial charge in [-0.15, -0.1) is 0 Å². The quantitative estimate of drug-likeness (QED) is 0.515. The lowest BCUT2D eigenvalue weighted by atomic mass is 9.90. The van der Waals surface area contributed by atoms with Crippen LogP contribution < -0.4 is 0 Å². The van der Waals surface area contributed by atoms with Gasteiger partial charge in [-0.25, -0.2) is 4.79 Å². The summed E-state index contributed by atoms with van der Waals surface area (Å²) >= 11 is 0. The molecule has 23 heavy (non-hydrogen) atoms. The largest absolute Gasteiger partial charge is 0.424 e. The molecule has 1 unspecified atom stereocenters.